The Kier molecular flexibility index (Phi) is 4.28. The summed E-state index contributed by atoms with van der Waals surface area (Å²) in [6.45, 7) is 5.10. The predicted molar refractivity (Wildman–Crippen MR) is 76.2 cm³/mol. The highest BCUT2D eigenvalue weighted by atomic mass is 16.5. The first-order valence-corrected chi connectivity index (χ1v) is 7.03. The average molecular weight is 247 g/mol. The number of hydrogen-bond donors (Lipinski definition) is 1. The Balaban J connectivity index is 2.33. The molecule has 1 aromatic carbocycles. The molecular weight excluding hydrogens is 222 g/mol. The van der Waals surface area contributed by atoms with Gasteiger partial charge in [0, 0.05) is 0 Å². The predicted octanol–water partition coefficient (Wildman–Crippen LogP) is 3.54. The smallest absolute Gasteiger partial charge is 0.122 e. The second-order valence-corrected chi connectivity index (χ2v) is 5.49. The molecule has 1 aliphatic carbocycles. The maximum atomic E-state index is 6.04. The topological polar surface area (TPSA) is 35.2 Å². The van der Waals surface area contributed by atoms with E-state index in [-0.39, 0.29) is 0 Å². The number of rotatable bonds is 4. The Morgan fingerprint density at radius 2 is 1.89 bits per heavy atom. The molecule has 1 atom stereocenters. The van der Waals surface area contributed by atoms with E-state index in [1.165, 1.54) is 42.4 Å². The largest absolute Gasteiger partial charge is 0.496 e. The molecule has 1 saturated carbocycles. The number of hydrogen-bond acceptors (Lipinski definition) is 2. The van der Waals surface area contributed by atoms with Gasteiger partial charge in [-0.1, -0.05) is 18.9 Å². The van der Waals surface area contributed by atoms with Crippen LogP contribution in [0.3, 0.4) is 0 Å². The Bertz CT molecular complexity index is 408. The van der Waals surface area contributed by atoms with E-state index in [1.807, 2.05) is 0 Å². The summed E-state index contributed by atoms with van der Waals surface area (Å²) >= 11 is 0. The fourth-order valence-corrected chi connectivity index (χ4v) is 3.37. The first kappa shape index (κ1) is 13.4. The van der Waals surface area contributed by atoms with Gasteiger partial charge in [-0.15, -0.1) is 0 Å². The Hall–Kier alpha value is -1.02. The lowest BCUT2D eigenvalue weighted by Gasteiger charge is -2.25. The lowest BCUT2D eigenvalue weighted by atomic mass is 9.82. The van der Waals surface area contributed by atoms with Crippen LogP contribution in [-0.2, 0) is 0 Å². The molecule has 0 heterocycles. The molecule has 2 heteroatoms. The van der Waals surface area contributed by atoms with Crippen LogP contribution in [0.2, 0.25) is 0 Å². The minimum Gasteiger partial charge on any atom is -0.496 e. The summed E-state index contributed by atoms with van der Waals surface area (Å²) in [6, 6.07) is 4.31. The normalized spacial score (nSPS) is 18.0. The van der Waals surface area contributed by atoms with E-state index in [4.69, 9.17) is 10.5 Å². The summed E-state index contributed by atoms with van der Waals surface area (Å²) in [7, 11) is 1.73. The third-order valence-corrected chi connectivity index (χ3v) is 4.62. The molecule has 0 saturated heterocycles. The molecule has 0 spiro atoms. The minimum atomic E-state index is 0.525. The van der Waals surface area contributed by atoms with Crippen molar-refractivity contribution in [3.05, 3.63) is 28.8 Å². The lowest BCUT2D eigenvalue weighted by Crippen LogP contribution is -2.21. The third kappa shape index (κ3) is 2.39. The zero-order valence-electron chi connectivity index (χ0n) is 11.8. The van der Waals surface area contributed by atoms with Gasteiger partial charge in [0.05, 0.1) is 7.11 Å². The molecule has 0 bridgehead atoms. The summed E-state index contributed by atoms with van der Waals surface area (Å²) < 4.78 is 5.39. The van der Waals surface area contributed by atoms with Crippen molar-refractivity contribution in [3.63, 3.8) is 0 Å². The SMILES string of the molecule is COc1ccc(C(CN)C2CCCC2)c(C)c1C. The van der Waals surface area contributed by atoms with E-state index < -0.39 is 0 Å². The molecule has 1 fully saturated rings. The third-order valence-electron chi connectivity index (χ3n) is 4.62. The van der Waals surface area contributed by atoms with Crippen LogP contribution in [0.1, 0.15) is 48.3 Å². The van der Waals surface area contributed by atoms with Crippen LogP contribution in [0.4, 0.5) is 0 Å². The van der Waals surface area contributed by atoms with Crippen molar-refractivity contribution in [2.24, 2.45) is 11.7 Å². The molecule has 0 aliphatic heterocycles. The first-order chi connectivity index (χ1) is 8.69. The van der Waals surface area contributed by atoms with Gasteiger partial charge < -0.3 is 10.5 Å². The molecule has 0 aromatic heterocycles. The maximum absolute atomic E-state index is 6.04. The van der Waals surface area contributed by atoms with E-state index in [1.54, 1.807) is 7.11 Å². The van der Waals surface area contributed by atoms with Crippen LogP contribution >= 0.6 is 0 Å². The maximum Gasteiger partial charge on any atom is 0.122 e. The minimum absolute atomic E-state index is 0.525. The summed E-state index contributed by atoms with van der Waals surface area (Å²) in [5, 5.41) is 0. The van der Waals surface area contributed by atoms with Gasteiger partial charge in [-0.3, -0.25) is 0 Å². The van der Waals surface area contributed by atoms with Gasteiger partial charge in [-0.25, -0.2) is 0 Å². The molecule has 2 nitrogen and oxygen atoms in total. The second kappa shape index (κ2) is 5.75. The second-order valence-electron chi connectivity index (χ2n) is 5.49. The van der Waals surface area contributed by atoms with E-state index in [0.717, 1.165) is 18.2 Å². The molecule has 1 unspecified atom stereocenters. The van der Waals surface area contributed by atoms with E-state index in [9.17, 15) is 0 Å². The summed E-state index contributed by atoms with van der Waals surface area (Å²) in [6.07, 6.45) is 5.42. The quantitative estimate of drug-likeness (QED) is 0.883. The number of methoxy groups -OCH3 is 1. The van der Waals surface area contributed by atoms with Crippen molar-refractivity contribution in [3.8, 4) is 5.75 Å². The van der Waals surface area contributed by atoms with E-state index in [2.05, 4.69) is 26.0 Å². The van der Waals surface area contributed by atoms with Crippen molar-refractivity contribution in [2.45, 2.75) is 45.4 Å². The number of benzene rings is 1. The van der Waals surface area contributed by atoms with Crippen LogP contribution in [0, 0.1) is 19.8 Å². The molecule has 0 amide bonds. The Labute approximate surface area is 111 Å². The summed E-state index contributed by atoms with van der Waals surface area (Å²) in [5.41, 5.74) is 10.1. The molecule has 18 heavy (non-hydrogen) atoms. The monoisotopic (exact) mass is 247 g/mol. The van der Waals surface area contributed by atoms with Crippen LogP contribution in [0.15, 0.2) is 12.1 Å². The van der Waals surface area contributed by atoms with Crippen LogP contribution in [-0.4, -0.2) is 13.7 Å². The lowest BCUT2D eigenvalue weighted by molar-refractivity contribution is 0.408. The van der Waals surface area contributed by atoms with Crippen molar-refractivity contribution in [1.29, 1.82) is 0 Å². The van der Waals surface area contributed by atoms with Crippen LogP contribution < -0.4 is 10.5 Å². The zero-order valence-corrected chi connectivity index (χ0v) is 11.8. The molecule has 2 rings (SSSR count). The molecular formula is C16H25NO. The molecule has 100 valence electrons. The van der Waals surface area contributed by atoms with Gasteiger partial charge in [0.25, 0.3) is 0 Å². The fraction of sp³-hybridized carbons (Fsp3) is 0.625. The van der Waals surface area contributed by atoms with Gasteiger partial charge in [0.1, 0.15) is 5.75 Å². The van der Waals surface area contributed by atoms with Gasteiger partial charge >= 0.3 is 0 Å². The van der Waals surface area contributed by atoms with Crippen LogP contribution in [0.5, 0.6) is 5.75 Å². The van der Waals surface area contributed by atoms with E-state index >= 15 is 0 Å². The fourth-order valence-electron chi connectivity index (χ4n) is 3.37. The van der Waals surface area contributed by atoms with Crippen molar-refractivity contribution >= 4 is 0 Å². The van der Waals surface area contributed by atoms with Gasteiger partial charge in [0.2, 0.25) is 0 Å². The standard InChI is InChI=1S/C16H25NO/c1-11-12(2)16(18-3)9-8-14(11)15(10-17)13-6-4-5-7-13/h8-9,13,15H,4-7,10,17H2,1-3H3. The highest BCUT2D eigenvalue weighted by molar-refractivity contribution is 5.45. The van der Waals surface area contributed by atoms with Crippen molar-refractivity contribution < 1.29 is 4.74 Å². The van der Waals surface area contributed by atoms with Gasteiger partial charge in [-0.05, 0) is 67.8 Å². The molecule has 1 aromatic rings. The van der Waals surface area contributed by atoms with Crippen molar-refractivity contribution in [2.75, 3.05) is 13.7 Å². The first-order valence-electron chi connectivity index (χ1n) is 7.03. The Morgan fingerprint density at radius 3 is 2.44 bits per heavy atom. The Morgan fingerprint density at radius 1 is 1.22 bits per heavy atom. The summed E-state index contributed by atoms with van der Waals surface area (Å²) in [5.74, 6) is 2.29. The number of nitrogens with two attached hydrogens (primary N) is 1. The van der Waals surface area contributed by atoms with Gasteiger partial charge in [0.15, 0.2) is 0 Å². The molecule has 0 radical (unpaired) electrons. The van der Waals surface area contributed by atoms with Gasteiger partial charge in [-0.2, -0.15) is 0 Å². The summed E-state index contributed by atoms with van der Waals surface area (Å²) in [4.78, 5) is 0. The van der Waals surface area contributed by atoms with Crippen molar-refractivity contribution in [1.82, 2.24) is 0 Å². The molecule has 2 N–H and O–H groups in total. The van der Waals surface area contributed by atoms with Crippen LogP contribution in [0.25, 0.3) is 0 Å². The van der Waals surface area contributed by atoms with E-state index in [0.29, 0.717) is 5.92 Å². The zero-order chi connectivity index (χ0) is 13.1. The highest BCUT2D eigenvalue weighted by Crippen LogP contribution is 2.39. The number of ether oxygens (including phenoxy) is 1. The highest BCUT2D eigenvalue weighted by Gasteiger charge is 2.26. The molecule has 1 aliphatic rings. The average Bonchev–Trinajstić information content (AvgIpc) is 2.89.